The van der Waals surface area contributed by atoms with Crippen molar-refractivity contribution < 1.29 is 13.5 Å². The third-order valence-electron chi connectivity index (χ3n) is 1.91. The van der Waals surface area contributed by atoms with Crippen LogP contribution in [0.25, 0.3) is 0 Å². The van der Waals surface area contributed by atoms with Crippen LogP contribution in [0.1, 0.15) is 13.8 Å². The quantitative estimate of drug-likeness (QED) is 0.813. The average molecular weight is 280 g/mol. The van der Waals surface area contributed by atoms with E-state index < -0.39 is 15.6 Å². The molecule has 1 rings (SSSR count). The van der Waals surface area contributed by atoms with Crippen molar-refractivity contribution in [3.63, 3.8) is 0 Å². The number of sulfonamides is 1. The van der Waals surface area contributed by atoms with Crippen LogP contribution in [0.4, 0.5) is 0 Å². The number of likely N-dealkylation sites (N-methyl/N-ethyl adjacent to an activating group) is 1. The van der Waals surface area contributed by atoms with E-state index in [1.807, 2.05) is 0 Å². The molecule has 0 radical (unpaired) electrons. The van der Waals surface area contributed by atoms with Crippen molar-refractivity contribution in [3.8, 4) is 0 Å². The summed E-state index contributed by atoms with van der Waals surface area (Å²) in [6.07, 6.45) is 2.26. The molecule has 1 aromatic heterocycles. The van der Waals surface area contributed by atoms with E-state index in [-0.39, 0.29) is 16.7 Å². The van der Waals surface area contributed by atoms with Crippen LogP contribution in [0, 0.1) is 0 Å². The van der Waals surface area contributed by atoms with Gasteiger partial charge in [0.15, 0.2) is 0 Å². The van der Waals surface area contributed by atoms with Gasteiger partial charge in [0.1, 0.15) is 4.90 Å². The minimum Gasteiger partial charge on any atom is -0.389 e. The Kier molecular flexibility index (Phi) is 4.08. The van der Waals surface area contributed by atoms with Gasteiger partial charge in [0.05, 0.1) is 18.0 Å². The van der Waals surface area contributed by atoms with Crippen molar-refractivity contribution in [2.75, 3.05) is 13.6 Å². The lowest BCUT2D eigenvalue weighted by molar-refractivity contribution is 0.0640. The van der Waals surface area contributed by atoms with Crippen LogP contribution in [0.15, 0.2) is 17.3 Å². The molecule has 0 unspecified atom stereocenters. The summed E-state index contributed by atoms with van der Waals surface area (Å²) >= 11 is 5.48. The average Bonchev–Trinajstić information content (AvgIpc) is 2.15. The van der Waals surface area contributed by atoms with Crippen molar-refractivity contribution in [2.24, 2.45) is 0 Å². The number of nitrogens with zero attached hydrogens (tertiary/aromatic N) is 3. The Bertz CT molecular complexity index is 481. The maximum Gasteiger partial charge on any atom is 0.245 e. The van der Waals surface area contributed by atoms with Crippen LogP contribution < -0.4 is 0 Å². The van der Waals surface area contributed by atoms with Crippen molar-refractivity contribution >= 4 is 21.6 Å². The molecule has 0 amide bonds. The number of hydrogen-bond donors (Lipinski definition) is 1. The Morgan fingerprint density at radius 2 is 1.88 bits per heavy atom. The van der Waals surface area contributed by atoms with Crippen LogP contribution in [0.3, 0.4) is 0 Å². The van der Waals surface area contributed by atoms with Gasteiger partial charge in [-0.3, -0.25) is 0 Å². The largest absolute Gasteiger partial charge is 0.389 e. The topological polar surface area (TPSA) is 83.4 Å². The number of hydrogen-bond acceptors (Lipinski definition) is 5. The summed E-state index contributed by atoms with van der Waals surface area (Å²) in [5.41, 5.74) is -1.12. The monoisotopic (exact) mass is 279 g/mol. The predicted octanol–water partition coefficient (Wildman–Crippen LogP) is 0.521. The second-order valence-electron chi connectivity index (χ2n) is 4.26. The Balaban J connectivity index is 2.99. The standard InChI is InChI=1S/C9H14ClN3O3S/c1-9(2,14)6-13(3)17(15,16)7-4-11-8(10)12-5-7/h4-5,14H,6H2,1-3H3. The molecular formula is C9H14ClN3O3S. The first-order chi connectivity index (χ1) is 7.63. The van der Waals surface area contributed by atoms with Crippen LogP contribution in [-0.2, 0) is 10.0 Å². The van der Waals surface area contributed by atoms with Crippen molar-refractivity contribution in [2.45, 2.75) is 24.3 Å². The van der Waals surface area contributed by atoms with E-state index in [1.165, 1.54) is 20.9 Å². The van der Waals surface area contributed by atoms with Gasteiger partial charge in [0.2, 0.25) is 15.3 Å². The molecule has 0 saturated heterocycles. The Morgan fingerprint density at radius 1 is 1.41 bits per heavy atom. The maximum atomic E-state index is 12.0. The van der Waals surface area contributed by atoms with Crippen molar-refractivity contribution in [1.82, 2.24) is 14.3 Å². The van der Waals surface area contributed by atoms with Gasteiger partial charge in [-0.2, -0.15) is 4.31 Å². The molecule has 0 aliphatic rings. The molecule has 0 bridgehead atoms. The molecule has 1 heterocycles. The molecule has 0 atom stereocenters. The lowest BCUT2D eigenvalue weighted by Gasteiger charge is -2.24. The maximum absolute atomic E-state index is 12.0. The molecule has 0 spiro atoms. The van der Waals surface area contributed by atoms with Gasteiger partial charge in [-0.25, -0.2) is 18.4 Å². The summed E-state index contributed by atoms with van der Waals surface area (Å²) in [6.45, 7) is 3.02. The second kappa shape index (κ2) is 4.85. The fourth-order valence-corrected chi connectivity index (χ4v) is 2.56. The normalized spacial score (nSPS) is 13.1. The number of aromatic nitrogens is 2. The smallest absolute Gasteiger partial charge is 0.245 e. The number of halogens is 1. The van der Waals surface area contributed by atoms with E-state index in [9.17, 15) is 13.5 Å². The van der Waals surface area contributed by atoms with E-state index >= 15 is 0 Å². The van der Waals surface area contributed by atoms with E-state index in [2.05, 4.69) is 9.97 Å². The fourth-order valence-electron chi connectivity index (χ4n) is 1.24. The molecule has 6 nitrogen and oxygen atoms in total. The molecular weight excluding hydrogens is 266 g/mol. The highest BCUT2D eigenvalue weighted by Crippen LogP contribution is 2.15. The lowest BCUT2D eigenvalue weighted by atomic mass is 10.1. The van der Waals surface area contributed by atoms with Crippen molar-refractivity contribution in [1.29, 1.82) is 0 Å². The highest BCUT2D eigenvalue weighted by atomic mass is 35.5. The Hall–Kier alpha value is -0.760. The minimum absolute atomic E-state index is 0.0194. The number of rotatable bonds is 4. The van der Waals surface area contributed by atoms with Crippen molar-refractivity contribution in [3.05, 3.63) is 17.7 Å². The van der Waals surface area contributed by atoms with Crippen LogP contribution >= 0.6 is 11.6 Å². The first-order valence-electron chi connectivity index (χ1n) is 4.79. The van der Waals surface area contributed by atoms with Gasteiger partial charge in [0, 0.05) is 13.6 Å². The molecule has 0 fully saturated rings. The van der Waals surface area contributed by atoms with E-state index in [0.29, 0.717) is 0 Å². The molecule has 8 heteroatoms. The molecule has 0 saturated carbocycles. The van der Waals surface area contributed by atoms with Crippen LogP contribution in [0.2, 0.25) is 5.28 Å². The predicted molar refractivity (Wildman–Crippen MR) is 63.2 cm³/mol. The molecule has 0 aromatic carbocycles. The fraction of sp³-hybridized carbons (Fsp3) is 0.556. The lowest BCUT2D eigenvalue weighted by Crippen LogP contribution is -2.39. The molecule has 1 aromatic rings. The molecule has 1 N–H and O–H groups in total. The van der Waals surface area contributed by atoms with Crippen LogP contribution in [-0.4, -0.2) is 47.0 Å². The van der Waals surface area contributed by atoms with Crippen LogP contribution in [0.5, 0.6) is 0 Å². The minimum atomic E-state index is -3.70. The zero-order chi connectivity index (χ0) is 13.3. The summed E-state index contributed by atoms with van der Waals surface area (Å²) in [5.74, 6) is 0. The molecule has 96 valence electrons. The third kappa shape index (κ3) is 3.88. The van der Waals surface area contributed by atoms with E-state index in [0.717, 1.165) is 16.7 Å². The molecule has 0 aliphatic carbocycles. The second-order valence-corrected chi connectivity index (χ2v) is 6.64. The third-order valence-corrected chi connectivity index (χ3v) is 3.87. The zero-order valence-corrected chi connectivity index (χ0v) is 11.3. The first kappa shape index (κ1) is 14.3. The zero-order valence-electron chi connectivity index (χ0n) is 9.75. The Labute approximate surface area is 105 Å². The summed E-state index contributed by atoms with van der Waals surface area (Å²) in [5, 5.41) is 9.56. The van der Waals surface area contributed by atoms with Gasteiger partial charge < -0.3 is 5.11 Å². The summed E-state index contributed by atoms with van der Waals surface area (Å²) < 4.78 is 25.1. The van der Waals surface area contributed by atoms with E-state index in [1.54, 1.807) is 0 Å². The highest BCUT2D eigenvalue weighted by molar-refractivity contribution is 7.89. The Morgan fingerprint density at radius 3 is 2.29 bits per heavy atom. The van der Waals surface area contributed by atoms with Gasteiger partial charge in [-0.15, -0.1) is 0 Å². The number of aliphatic hydroxyl groups is 1. The molecule has 17 heavy (non-hydrogen) atoms. The van der Waals surface area contributed by atoms with Gasteiger partial charge in [-0.1, -0.05) is 0 Å². The summed E-state index contributed by atoms with van der Waals surface area (Å²) in [4.78, 5) is 7.16. The van der Waals surface area contributed by atoms with Gasteiger partial charge >= 0.3 is 0 Å². The molecule has 0 aliphatic heterocycles. The van der Waals surface area contributed by atoms with Gasteiger partial charge in [-0.05, 0) is 25.4 Å². The summed E-state index contributed by atoms with van der Waals surface area (Å²) in [6, 6.07) is 0. The SMILES string of the molecule is CN(CC(C)(C)O)S(=O)(=O)c1cnc(Cl)nc1. The summed E-state index contributed by atoms with van der Waals surface area (Å²) in [7, 11) is -2.32. The van der Waals surface area contributed by atoms with E-state index in [4.69, 9.17) is 11.6 Å². The first-order valence-corrected chi connectivity index (χ1v) is 6.61. The highest BCUT2D eigenvalue weighted by Gasteiger charge is 2.26. The van der Waals surface area contributed by atoms with Gasteiger partial charge in [0.25, 0.3) is 0 Å².